The Morgan fingerprint density at radius 1 is 0.549 bits per heavy atom. The van der Waals surface area contributed by atoms with Crippen molar-refractivity contribution < 1.29 is 102 Å². The maximum Gasteiger partial charge on any atom is 0.429 e. The number of halogens is 8. The van der Waals surface area contributed by atoms with E-state index in [1.54, 1.807) is 55.4 Å². The Labute approximate surface area is 586 Å². The minimum atomic E-state index is -5.58. The highest BCUT2D eigenvalue weighted by molar-refractivity contribution is 6.76. The minimum absolute atomic E-state index is 0.00443. The number of ether oxygens (including phenoxy) is 10. The maximum atomic E-state index is 16.3. The van der Waals surface area contributed by atoms with Gasteiger partial charge in [-0.05, 0) is 153 Å². The summed E-state index contributed by atoms with van der Waals surface area (Å²) in [4.78, 5) is 60.7. The number of benzene rings is 4. The Hall–Kier alpha value is -8.93. The Morgan fingerprint density at radius 2 is 0.931 bits per heavy atom. The van der Waals surface area contributed by atoms with Crippen molar-refractivity contribution in [1.29, 1.82) is 10.5 Å². The molecule has 552 valence electrons. The van der Waals surface area contributed by atoms with Gasteiger partial charge in [0.05, 0.1) is 94.9 Å². The van der Waals surface area contributed by atoms with Gasteiger partial charge in [0.2, 0.25) is 0 Å². The number of fused-ring (bicyclic) bond motifs is 4. The second-order valence-electron chi connectivity index (χ2n) is 28.2. The summed E-state index contributed by atoms with van der Waals surface area (Å²) in [6, 6.07) is 18.3. The number of hydrogen-bond acceptors (Lipinski definition) is 18. The zero-order chi connectivity index (χ0) is 76.2. The van der Waals surface area contributed by atoms with Crippen molar-refractivity contribution in [3.63, 3.8) is 0 Å². The van der Waals surface area contributed by atoms with Crippen LogP contribution in [0.4, 0.5) is 44.7 Å². The normalized spacial score (nSPS) is 14.3. The number of nitrogens with zero attached hydrogens (tertiary/aromatic N) is 8. The molecular weight excluding hydrogens is 1380 g/mol. The number of rotatable bonds is 24. The van der Waals surface area contributed by atoms with Gasteiger partial charge in [0.15, 0.2) is 11.6 Å². The first-order valence-electron chi connectivity index (χ1n) is 32.3. The van der Waals surface area contributed by atoms with Gasteiger partial charge in [0.1, 0.15) is 36.2 Å². The van der Waals surface area contributed by atoms with Crippen LogP contribution < -0.4 is 9.47 Å². The van der Waals surface area contributed by atoms with E-state index in [2.05, 4.69) is 49.3 Å². The number of aryl methyl sites for hydroxylation is 2. The summed E-state index contributed by atoms with van der Waals surface area (Å²) in [6.45, 7) is 26.9. The van der Waals surface area contributed by atoms with E-state index in [1.165, 1.54) is 86.9 Å². The Kier molecular flexibility index (Phi) is 24.4. The second-order valence-corrected chi connectivity index (χ2v) is 39.4. The van der Waals surface area contributed by atoms with Gasteiger partial charge < -0.3 is 56.5 Å². The van der Waals surface area contributed by atoms with Gasteiger partial charge in [-0.3, -0.25) is 9.13 Å². The fraction of sp³-hybridized carbons (Fsp3) is 0.486. The van der Waals surface area contributed by atoms with E-state index in [-0.39, 0.29) is 81.4 Å². The number of carbonyl (C=O) groups is 4. The summed E-state index contributed by atoms with van der Waals surface area (Å²) < 4.78 is 188. The summed E-state index contributed by atoms with van der Waals surface area (Å²) in [5.74, 6) is -6.08. The highest BCUT2D eigenvalue weighted by Gasteiger charge is 2.67. The molecule has 0 aliphatic rings. The van der Waals surface area contributed by atoms with E-state index in [0.717, 1.165) is 32.5 Å². The van der Waals surface area contributed by atoms with Crippen LogP contribution in [-0.4, -0.2) is 145 Å². The maximum absolute atomic E-state index is 16.3. The van der Waals surface area contributed by atoms with E-state index in [4.69, 9.17) is 47.4 Å². The largest absolute Gasteiger partial charge is 0.496 e. The number of hydrogen-bond donors (Lipinski definition) is 0. The Bertz CT molecular complexity index is 4340. The first kappa shape index (κ1) is 80.4. The predicted molar refractivity (Wildman–Crippen MR) is 366 cm³/mol. The number of alkyl halides is 8. The third kappa shape index (κ3) is 17.2. The fourth-order valence-corrected chi connectivity index (χ4v) is 12.7. The third-order valence-electron chi connectivity index (χ3n) is 15.7. The van der Waals surface area contributed by atoms with Crippen LogP contribution in [0.25, 0.3) is 43.9 Å². The molecule has 8 aromatic rings. The first-order chi connectivity index (χ1) is 47.4. The lowest BCUT2D eigenvalue weighted by Gasteiger charge is -2.37. The molecule has 4 aromatic carbocycles. The Morgan fingerprint density at radius 3 is 1.29 bits per heavy atom. The molecule has 0 aliphatic carbocycles. The van der Waals surface area contributed by atoms with Crippen LogP contribution in [0.3, 0.4) is 0 Å². The average molecular weight is 1470 g/mol. The van der Waals surface area contributed by atoms with Crippen molar-refractivity contribution in [2.45, 2.75) is 182 Å². The lowest BCUT2D eigenvalue weighted by Crippen LogP contribution is -2.51. The van der Waals surface area contributed by atoms with Gasteiger partial charge >= 0.3 is 36.5 Å². The lowest BCUT2D eigenvalue weighted by atomic mass is 9.86. The molecule has 22 nitrogen and oxygen atoms in total. The number of nitriles is 2. The summed E-state index contributed by atoms with van der Waals surface area (Å²) in [5, 5.41) is 18.8. The number of methoxy groups -OCH3 is 2. The molecule has 8 rings (SSSR count). The van der Waals surface area contributed by atoms with E-state index in [0.29, 0.717) is 23.2 Å². The zero-order valence-electron chi connectivity index (χ0n) is 60.1. The molecule has 0 N–H and O–H groups in total. The third-order valence-corrected chi connectivity index (χ3v) is 19.1. The zero-order valence-corrected chi connectivity index (χ0v) is 62.1. The van der Waals surface area contributed by atoms with E-state index < -0.39 is 135 Å². The van der Waals surface area contributed by atoms with Crippen LogP contribution in [0.15, 0.2) is 73.1 Å². The molecule has 0 radical (unpaired) electrons. The summed E-state index contributed by atoms with van der Waals surface area (Å²) in [5.41, 5.74) is -10.5. The molecule has 4 atom stereocenters. The highest BCUT2D eigenvalue weighted by atomic mass is 28.3. The van der Waals surface area contributed by atoms with Crippen LogP contribution in [0.1, 0.15) is 100 Å². The number of carbonyl (C=O) groups excluding carboxylic acids is 4. The fourth-order valence-electron chi connectivity index (χ4n) is 11.2. The number of aromatic nitrogens is 6. The summed E-state index contributed by atoms with van der Waals surface area (Å²) in [7, 11) is -1.05. The van der Waals surface area contributed by atoms with Gasteiger partial charge in [0.25, 0.3) is 23.9 Å². The topological polar surface area (TPSA) is 254 Å². The van der Waals surface area contributed by atoms with Gasteiger partial charge in [-0.1, -0.05) is 39.3 Å². The molecule has 0 bridgehead atoms. The summed E-state index contributed by atoms with van der Waals surface area (Å²) >= 11 is 0. The standard InChI is InChI=1S/2C35H42F4N4O7Si/c1-10-48-30(44)29(36)49-34(35(37,38)39,27-23-13-14-42(32(45)50-33(3,4)5)28(23)21(2)17-26(27)46-6)31-41-24-18-22(19-40)11-12-25(24)43(31)20-47-15-16-51(7,8)9;1-10-48-30(44)29(36)49-34(35(37,38)39,27-23-13-14-42(32(45)50-33(3,4)5)28(23)21(2)17-26(27)46-6)31-41-24-12-11-22(19-40)18-25(24)43(31)20-47-15-16-51(7,8)9/h2*11-14,17-18,29H,10,15-16,20H2,1-9H3. The van der Waals surface area contributed by atoms with Crippen LogP contribution in [0.2, 0.25) is 51.4 Å². The van der Waals surface area contributed by atoms with Crippen LogP contribution in [-0.2, 0) is 72.1 Å². The van der Waals surface area contributed by atoms with Crippen LogP contribution in [0.5, 0.6) is 11.5 Å². The molecule has 0 aliphatic heterocycles. The van der Waals surface area contributed by atoms with Crippen molar-refractivity contribution in [3.8, 4) is 23.6 Å². The molecule has 0 saturated carbocycles. The molecule has 4 heterocycles. The van der Waals surface area contributed by atoms with Crippen LogP contribution >= 0.6 is 0 Å². The van der Waals surface area contributed by atoms with Gasteiger partial charge in [-0.2, -0.15) is 36.9 Å². The molecule has 4 aromatic heterocycles. The predicted octanol–water partition coefficient (Wildman–Crippen LogP) is 15.9. The van der Waals surface area contributed by atoms with Crippen molar-refractivity contribution in [1.82, 2.24) is 28.2 Å². The lowest BCUT2D eigenvalue weighted by molar-refractivity contribution is -0.297. The van der Waals surface area contributed by atoms with E-state index in [9.17, 15) is 29.7 Å². The quantitative estimate of drug-likeness (QED) is 0.0179. The van der Waals surface area contributed by atoms with Gasteiger partial charge in [0, 0.05) is 52.5 Å². The molecule has 0 saturated heterocycles. The van der Waals surface area contributed by atoms with Crippen molar-refractivity contribution in [2.24, 2.45) is 0 Å². The smallest absolute Gasteiger partial charge is 0.429 e. The van der Waals surface area contributed by atoms with Crippen molar-refractivity contribution >= 4 is 84.1 Å². The SMILES string of the molecule is CCOC(=O)C(F)OC(c1c(OC)cc(C)c2c1ccn2C(=O)OC(C)(C)C)(c1nc2cc(C#N)ccc2n1COCC[Si](C)(C)C)C(F)(F)F.CCOC(=O)C(F)OC(c1c(OC)cc(C)c2c1ccn2C(=O)OC(C)(C)C)(c1nc2ccc(C#N)cc2n1COCC[Si](C)(C)C)C(F)(F)F. The van der Waals surface area contributed by atoms with Gasteiger partial charge in [-0.25, -0.2) is 37.9 Å². The van der Waals surface area contributed by atoms with E-state index in [1.807, 2.05) is 12.1 Å². The number of imidazole rings is 2. The molecule has 0 spiro atoms. The minimum Gasteiger partial charge on any atom is -0.496 e. The summed E-state index contributed by atoms with van der Waals surface area (Å²) in [6.07, 6.45) is -17.1. The second kappa shape index (κ2) is 31.0. The monoisotopic (exact) mass is 1470 g/mol. The van der Waals surface area contributed by atoms with Crippen molar-refractivity contribution in [2.75, 3.05) is 40.6 Å². The number of esters is 2. The molecule has 0 fully saturated rings. The molecule has 0 amide bonds. The van der Waals surface area contributed by atoms with E-state index >= 15 is 35.1 Å². The van der Waals surface area contributed by atoms with Gasteiger partial charge in [-0.15, -0.1) is 0 Å². The Balaban J connectivity index is 0.000000286. The first-order valence-corrected chi connectivity index (χ1v) is 39.7. The molecule has 102 heavy (non-hydrogen) atoms. The molecular formula is C70H84F8N8O14Si2. The highest BCUT2D eigenvalue weighted by Crippen LogP contribution is 2.56. The average Bonchev–Trinajstić information content (AvgIpc) is 1.43. The van der Waals surface area contributed by atoms with Crippen LogP contribution in [0, 0.1) is 36.5 Å². The molecule has 4 unspecified atom stereocenters. The molecule has 32 heteroatoms. The van der Waals surface area contributed by atoms with Crippen molar-refractivity contribution in [3.05, 3.63) is 118 Å².